The lowest BCUT2D eigenvalue weighted by molar-refractivity contribution is 0.265. The smallest absolute Gasteiger partial charge is 0.191 e. The van der Waals surface area contributed by atoms with Gasteiger partial charge in [-0.15, -0.1) is 24.0 Å². The summed E-state index contributed by atoms with van der Waals surface area (Å²) >= 11 is 0. The zero-order valence-electron chi connectivity index (χ0n) is 16.6. The van der Waals surface area contributed by atoms with Gasteiger partial charge in [0, 0.05) is 38.4 Å². The molecule has 148 valence electrons. The quantitative estimate of drug-likeness (QED) is 0.392. The number of hydrogen-bond donors (Lipinski definition) is 2. The molecule has 2 aliphatic rings. The summed E-state index contributed by atoms with van der Waals surface area (Å²) in [6.07, 6.45) is 7.33. The van der Waals surface area contributed by atoms with Gasteiger partial charge in [0.1, 0.15) is 0 Å². The molecule has 26 heavy (non-hydrogen) atoms. The van der Waals surface area contributed by atoms with Crippen molar-refractivity contribution in [2.45, 2.75) is 71.1 Å². The van der Waals surface area contributed by atoms with Gasteiger partial charge in [-0.1, -0.05) is 19.8 Å². The molecule has 2 atom stereocenters. The van der Waals surface area contributed by atoms with Gasteiger partial charge in [-0.05, 0) is 38.7 Å². The van der Waals surface area contributed by atoms with E-state index >= 15 is 0 Å². The molecule has 2 heterocycles. The van der Waals surface area contributed by atoms with Gasteiger partial charge in [0.2, 0.25) is 0 Å². The van der Waals surface area contributed by atoms with E-state index in [1.54, 1.807) is 0 Å². The summed E-state index contributed by atoms with van der Waals surface area (Å²) in [4.78, 5) is 6.92. The third-order valence-electron chi connectivity index (χ3n) is 5.72. The zero-order chi connectivity index (χ0) is 17.8. The van der Waals surface area contributed by atoms with Crippen molar-refractivity contribution in [3.63, 3.8) is 0 Å². The summed E-state index contributed by atoms with van der Waals surface area (Å²) in [5.41, 5.74) is 1.08. The molecule has 2 unspecified atom stereocenters. The van der Waals surface area contributed by atoms with Crippen LogP contribution in [0.1, 0.15) is 58.2 Å². The number of nitrogens with zero attached hydrogens (tertiary/aromatic N) is 4. The predicted octanol–water partition coefficient (Wildman–Crippen LogP) is 3.01. The molecule has 0 aromatic carbocycles. The molecule has 1 aromatic rings. The van der Waals surface area contributed by atoms with Crippen LogP contribution in [0.4, 0.5) is 0 Å². The molecule has 3 rings (SSSR count). The number of aromatic nitrogens is 2. The summed E-state index contributed by atoms with van der Waals surface area (Å²) in [6, 6.07) is 3.78. The first-order valence-electron chi connectivity index (χ1n) is 9.82. The van der Waals surface area contributed by atoms with Gasteiger partial charge in [-0.25, -0.2) is 0 Å². The minimum absolute atomic E-state index is 0. The van der Waals surface area contributed by atoms with Crippen LogP contribution in [0.2, 0.25) is 0 Å². The summed E-state index contributed by atoms with van der Waals surface area (Å²) in [5, 5.41) is 11.8. The lowest BCUT2D eigenvalue weighted by atomic mass is 10.1. The van der Waals surface area contributed by atoms with E-state index in [0.717, 1.165) is 24.7 Å². The van der Waals surface area contributed by atoms with Crippen LogP contribution < -0.4 is 10.6 Å². The fourth-order valence-corrected chi connectivity index (χ4v) is 4.00. The fraction of sp³-hybridized carbons (Fsp3) is 0.789. The maximum absolute atomic E-state index is 4.74. The van der Waals surface area contributed by atoms with Crippen LogP contribution in [0.15, 0.2) is 17.3 Å². The Morgan fingerprint density at radius 3 is 2.65 bits per heavy atom. The Labute approximate surface area is 175 Å². The maximum Gasteiger partial charge on any atom is 0.191 e. The van der Waals surface area contributed by atoms with E-state index in [4.69, 9.17) is 5.10 Å². The number of aliphatic imine (C=N–C) groups is 1. The molecule has 1 saturated carbocycles. The van der Waals surface area contributed by atoms with Crippen molar-refractivity contribution in [2.24, 2.45) is 10.9 Å². The highest BCUT2D eigenvalue weighted by Gasteiger charge is 2.31. The Kier molecular flexibility index (Phi) is 8.19. The number of nitrogens with one attached hydrogen (secondary N) is 2. The van der Waals surface area contributed by atoms with Crippen molar-refractivity contribution < 1.29 is 0 Å². The Balaban J connectivity index is 0.00000243. The van der Waals surface area contributed by atoms with E-state index in [1.165, 1.54) is 25.7 Å². The zero-order valence-corrected chi connectivity index (χ0v) is 18.9. The second kappa shape index (κ2) is 9.92. The van der Waals surface area contributed by atoms with Crippen molar-refractivity contribution in [3.05, 3.63) is 18.0 Å². The highest BCUT2D eigenvalue weighted by molar-refractivity contribution is 14.0. The summed E-state index contributed by atoms with van der Waals surface area (Å²) < 4.78 is 2.15. The molecule has 6 nitrogen and oxygen atoms in total. The molecule has 2 fully saturated rings. The first-order valence-corrected chi connectivity index (χ1v) is 9.82. The Morgan fingerprint density at radius 2 is 2.04 bits per heavy atom. The summed E-state index contributed by atoms with van der Waals surface area (Å²) in [6.45, 7) is 9.80. The lowest BCUT2D eigenvalue weighted by Crippen LogP contribution is -2.46. The number of rotatable bonds is 5. The maximum atomic E-state index is 4.74. The average molecular weight is 474 g/mol. The van der Waals surface area contributed by atoms with Crippen LogP contribution in [0.25, 0.3) is 0 Å². The van der Waals surface area contributed by atoms with Crippen LogP contribution in [0, 0.1) is 5.92 Å². The van der Waals surface area contributed by atoms with E-state index in [9.17, 15) is 0 Å². The van der Waals surface area contributed by atoms with Gasteiger partial charge in [-0.3, -0.25) is 14.6 Å². The normalized spacial score (nSPS) is 24.9. The molecule has 0 radical (unpaired) electrons. The molecule has 1 saturated heterocycles. The lowest BCUT2D eigenvalue weighted by Gasteiger charge is -2.21. The molecule has 0 spiro atoms. The van der Waals surface area contributed by atoms with E-state index in [1.807, 2.05) is 7.05 Å². The summed E-state index contributed by atoms with van der Waals surface area (Å²) in [7, 11) is 1.84. The topological polar surface area (TPSA) is 57.5 Å². The first-order chi connectivity index (χ1) is 12.1. The Bertz CT molecular complexity index is 578. The highest BCUT2D eigenvalue weighted by atomic mass is 127. The van der Waals surface area contributed by atoms with Crippen molar-refractivity contribution in [2.75, 3.05) is 20.1 Å². The SMILES string of the molecule is CN=C(NCc1ccn(C2CCCC2)n1)NC1CN(C(C)C)CC1C.I. The van der Waals surface area contributed by atoms with E-state index < -0.39 is 0 Å². The average Bonchev–Trinajstić information content (AvgIpc) is 3.32. The molecule has 7 heteroatoms. The number of likely N-dealkylation sites (tertiary alicyclic amines) is 1. The second-order valence-electron chi connectivity index (χ2n) is 7.93. The van der Waals surface area contributed by atoms with Crippen LogP contribution in [0.3, 0.4) is 0 Å². The molecule has 0 amide bonds. The predicted molar refractivity (Wildman–Crippen MR) is 118 cm³/mol. The van der Waals surface area contributed by atoms with Gasteiger partial charge in [0.05, 0.1) is 18.3 Å². The van der Waals surface area contributed by atoms with E-state index in [-0.39, 0.29) is 24.0 Å². The van der Waals surface area contributed by atoms with Gasteiger partial charge < -0.3 is 10.6 Å². The van der Waals surface area contributed by atoms with Gasteiger partial charge in [0.15, 0.2) is 5.96 Å². The largest absolute Gasteiger partial charge is 0.352 e. The highest BCUT2D eigenvalue weighted by Crippen LogP contribution is 2.28. The van der Waals surface area contributed by atoms with Crippen molar-refractivity contribution in [1.29, 1.82) is 0 Å². The van der Waals surface area contributed by atoms with Gasteiger partial charge in [-0.2, -0.15) is 5.10 Å². The van der Waals surface area contributed by atoms with Crippen LogP contribution in [-0.4, -0.2) is 52.9 Å². The standard InChI is InChI=1S/C19H34N6.HI/c1-14(2)24-12-15(3)18(13-24)22-19(20-4)21-11-16-9-10-25(23-16)17-7-5-6-8-17;/h9-10,14-15,17-18H,5-8,11-13H2,1-4H3,(H2,20,21,22);1H. The minimum Gasteiger partial charge on any atom is -0.352 e. The van der Waals surface area contributed by atoms with Crippen LogP contribution >= 0.6 is 24.0 Å². The van der Waals surface area contributed by atoms with Crippen molar-refractivity contribution in [3.8, 4) is 0 Å². The number of halogens is 1. The minimum atomic E-state index is 0. The third kappa shape index (κ3) is 5.34. The molecular formula is C19H35IN6. The fourth-order valence-electron chi connectivity index (χ4n) is 4.00. The third-order valence-corrected chi connectivity index (χ3v) is 5.72. The number of hydrogen-bond acceptors (Lipinski definition) is 3. The van der Waals surface area contributed by atoms with Crippen LogP contribution in [0.5, 0.6) is 0 Å². The Morgan fingerprint density at radius 1 is 1.31 bits per heavy atom. The molecule has 1 aromatic heterocycles. The second-order valence-corrected chi connectivity index (χ2v) is 7.93. The van der Waals surface area contributed by atoms with E-state index in [0.29, 0.717) is 30.6 Å². The van der Waals surface area contributed by atoms with Gasteiger partial charge >= 0.3 is 0 Å². The molecule has 1 aliphatic heterocycles. The monoisotopic (exact) mass is 474 g/mol. The van der Waals surface area contributed by atoms with Crippen LogP contribution in [-0.2, 0) is 6.54 Å². The molecule has 1 aliphatic carbocycles. The number of guanidine groups is 1. The van der Waals surface area contributed by atoms with Crippen molar-refractivity contribution >= 4 is 29.9 Å². The molecule has 2 N–H and O–H groups in total. The summed E-state index contributed by atoms with van der Waals surface area (Å²) in [5.74, 6) is 1.50. The Hall–Kier alpha value is -0.830. The van der Waals surface area contributed by atoms with E-state index in [2.05, 4.69) is 58.2 Å². The van der Waals surface area contributed by atoms with Crippen molar-refractivity contribution in [1.82, 2.24) is 25.3 Å². The van der Waals surface area contributed by atoms with Gasteiger partial charge in [0.25, 0.3) is 0 Å². The molecular weight excluding hydrogens is 439 g/mol. The molecule has 0 bridgehead atoms. The first kappa shape index (κ1) is 21.5.